The number of carbonyl (C=O) groups is 6. The van der Waals surface area contributed by atoms with Crippen LogP contribution in [-0.4, -0.2) is 81.6 Å². The Morgan fingerprint density at radius 1 is 0.789 bits per heavy atom. The minimum Gasteiger partial charge on any atom is -0.508 e. The molecule has 1 aromatic rings. The molecule has 1 aromatic carbocycles. The quantitative estimate of drug-likeness (QED) is 0.0918. The number of rotatable bonds is 17. The molecular weight excluding hydrogens is 504 g/mol. The van der Waals surface area contributed by atoms with Gasteiger partial charge in [-0.25, -0.2) is 4.79 Å². The second-order valence-electron chi connectivity index (χ2n) is 8.55. The van der Waals surface area contributed by atoms with E-state index in [9.17, 15) is 44.1 Å². The summed E-state index contributed by atoms with van der Waals surface area (Å²) < 4.78 is 0. The van der Waals surface area contributed by atoms with Crippen LogP contribution in [0.25, 0.3) is 0 Å². The summed E-state index contributed by atoms with van der Waals surface area (Å²) in [5, 5.41) is 34.5. The number of phenolic OH excluding ortho intramolecular Hbond substituents is 1. The standard InChI is InChI=1S/C23H34N6O9/c24-8-2-1-3-15(23(37)38)27-21(35)16(10-18(26)31)29-22(36)17(11-19(32)33)28-20(34)14(25)9-12-4-6-13(30)7-5-12/h4-7,14-17,30H,1-3,8-11,24-25H2,(H2,26,31)(H,27,35)(H,28,34)(H,29,36)(H,32,33)(H,37,38). The molecule has 0 saturated carbocycles. The Bertz CT molecular complexity index is 1000. The topological polar surface area (TPSA) is 277 Å². The number of carbonyl (C=O) groups excluding carboxylic acids is 4. The van der Waals surface area contributed by atoms with Crippen LogP contribution in [-0.2, 0) is 35.2 Å². The molecule has 1 rings (SSSR count). The summed E-state index contributed by atoms with van der Waals surface area (Å²) in [5.41, 5.74) is 17.0. The third kappa shape index (κ3) is 11.7. The van der Waals surface area contributed by atoms with E-state index in [0.717, 1.165) is 0 Å². The van der Waals surface area contributed by atoms with Crippen LogP contribution < -0.4 is 33.2 Å². The highest BCUT2D eigenvalue weighted by Crippen LogP contribution is 2.11. The van der Waals surface area contributed by atoms with Crippen molar-refractivity contribution >= 4 is 35.6 Å². The lowest BCUT2D eigenvalue weighted by atomic mass is 10.0. The Morgan fingerprint density at radius 3 is 1.82 bits per heavy atom. The summed E-state index contributed by atoms with van der Waals surface area (Å²) in [7, 11) is 0. The van der Waals surface area contributed by atoms with Gasteiger partial charge in [0.1, 0.15) is 23.9 Å². The van der Waals surface area contributed by atoms with Crippen LogP contribution in [0.1, 0.15) is 37.7 Å². The fourth-order valence-corrected chi connectivity index (χ4v) is 3.35. The largest absolute Gasteiger partial charge is 0.508 e. The van der Waals surface area contributed by atoms with Gasteiger partial charge in [-0.15, -0.1) is 0 Å². The van der Waals surface area contributed by atoms with E-state index in [2.05, 4.69) is 16.0 Å². The van der Waals surface area contributed by atoms with Crippen LogP contribution in [0.5, 0.6) is 5.75 Å². The minimum atomic E-state index is -1.69. The Balaban J connectivity index is 2.96. The molecule has 0 saturated heterocycles. The van der Waals surface area contributed by atoms with E-state index in [1.54, 1.807) is 0 Å². The van der Waals surface area contributed by atoms with E-state index in [0.29, 0.717) is 24.9 Å². The van der Waals surface area contributed by atoms with Crippen molar-refractivity contribution in [3.05, 3.63) is 29.8 Å². The molecule has 4 amide bonds. The predicted molar refractivity (Wildman–Crippen MR) is 132 cm³/mol. The highest BCUT2D eigenvalue weighted by Gasteiger charge is 2.32. The van der Waals surface area contributed by atoms with Crippen LogP contribution in [0, 0.1) is 0 Å². The molecule has 4 unspecified atom stereocenters. The Labute approximate surface area is 218 Å². The number of hydrogen-bond acceptors (Lipinski definition) is 9. The summed E-state index contributed by atoms with van der Waals surface area (Å²) >= 11 is 0. The van der Waals surface area contributed by atoms with Crippen molar-refractivity contribution in [2.24, 2.45) is 17.2 Å². The first kappa shape index (κ1) is 31.8. The molecule has 15 heteroatoms. The molecule has 0 heterocycles. The smallest absolute Gasteiger partial charge is 0.326 e. The second kappa shape index (κ2) is 15.8. The first-order valence-corrected chi connectivity index (χ1v) is 11.7. The number of benzene rings is 1. The van der Waals surface area contributed by atoms with E-state index >= 15 is 0 Å². The van der Waals surface area contributed by atoms with Crippen molar-refractivity contribution in [2.75, 3.05) is 6.54 Å². The van der Waals surface area contributed by atoms with Crippen molar-refractivity contribution in [3.63, 3.8) is 0 Å². The van der Waals surface area contributed by atoms with E-state index in [1.807, 2.05) is 0 Å². The average molecular weight is 539 g/mol. The number of aromatic hydroxyl groups is 1. The van der Waals surface area contributed by atoms with Gasteiger partial charge in [0, 0.05) is 0 Å². The van der Waals surface area contributed by atoms with E-state index in [4.69, 9.17) is 17.2 Å². The van der Waals surface area contributed by atoms with Gasteiger partial charge in [-0.1, -0.05) is 12.1 Å². The molecule has 0 aromatic heterocycles. The summed E-state index contributed by atoms with van der Waals surface area (Å²) in [6, 6.07) is -0.0412. The minimum absolute atomic E-state index is 0.000956. The van der Waals surface area contributed by atoms with Crippen molar-refractivity contribution < 1.29 is 44.1 Å². The normalized spacial score (nSPS) is 13.8. The molecule has 4 atom stereocenters. The zero-order valence-electron chi connectivity index (χ0n) is 20.6. The Hall–Kier alpha value is -4.24. The van der Waals surface area contributed by atoms with Gasteiger partial charge in [0.25, 0.3) is 0 Å². The number of primary amides is 1. The monoisotopic (exact) mass is 538 g/mol. The van der Waals surface area contributed by atoms with Gasteiger partial charge >= 0.3 is 11.9 Å². The molecule has 0 aliphatic heterocycles. The maximum Gasteiger partial charge on any atom is 0.326 e. The summed E-state index contributed by atoms with van der Waals surface area (Å²) in [5.74, 6) is -6.85. The first-order chi connectivity index (χ1) is 17.8. The van der Waals surface area contributed by atoms with E-state index in [1.165, 1.54) is 24.3 Å². The molecule has 0 radical (unpaired) electrons. The number of carboxylic acids is 2. The maximum atomic E-state index is 12.8. The highest BCUT2D eigenvalue weighted by molar-refractivity contribution is 5.97. The molecule has 0 bridgehead atoms. The lowest BCUT2D eigenvalue weighted by molar-refractivity contribution is -0.143. The van der Waals surface area contributed by atoms with Crippen molar-refractivity contribution in [3.8, 4) is 5.75 Å². The molecule has 0 aliphatic rings. The summed E-state index contributed by atoms with van der Waals surface area (Å²) in [6.45, 7) is 0.315. The van der Waals surface area contributed by atoms with Crippen molar-refractivity contribution in [1.82, 2.24) is 16.0 Å². The molecule has 0 aliphatic carbocycles. The zero-order valence-corrected chi connectivity index (χ0v) is 20.6. The third-order valence-electron chi connectivity index (χ3n) is 5.34. The fourth-order valence-electron chi connectivity index (χ4n) is 3.35. The molecule has 15 nitrogen and oxygen atoms in total. The molecule has 12 N–H and O–H groups in total. The van der Waals surface area contributed by atoms with Crippen LogP contribution >= 0.6 is 0 Å². The van der Waals surface area contributed by atoms with Gasteiger partial charge in [0.05, 0.1) is 18.9 Å². The highest BCUT2D eigenvalue weighted by atomic mass is 16.4. The third-order valence-corrected chi connectivity index (χ3v) is 5.34. The van der Waals surface area contributed by atoms with Gasteiger partial charge in [0.15, 0.2) is 0 Å². The number of hydrogen-bond donors (Lipinski definition) is 9. The number of phenols is 1. The lowest BCUT2D eigenvalue weighted by Crippen LogP contribution is -2.58. The fraction of sp³-hybridized carbons (Fsp3) is 0.478. The molecular formula is C23H34N6O9. The van der Waals surface area contributed by atoms with Crippen LogP contribution in [0.4, 0.5) is 0 Å². The SMILES string of the molecule is NCCCCC(NC(=O)C(CC(N)=O)NC(=O)C(CC(=O)O)NC(=O)C(N)Cc1ccc(O)cc1)C(=O)O. The Morgan fingerprint density at radius 2 is 1.32 bits per heavy atom. The van der Waals surface area contributed by atoms with Gasteiger partial charge in [0.2, 0.25) is 23.6 Å². The molecule has 0 fully saturated rings. The summed E-state index contributed by atoms with van der Waals surface area (Å²) in [4.78, 5) is 72.4. The molecule has 0 spiro atoms. The first-order valence-electron chi connectivity index (χ1n) is 11.7. The average Bonchev–Trinajstić information content (AvgIpc) is 2.83. The molecule has 210 valence electrons. The number of aliphatic carboxylic acids is 2. The molecule has 38 heavy (non-hydrogen) atoms. The number of amides is 4. The van der Waals surface area contributed by atoms with Gasteiger partial charge in [-0.3, -0.25) is 24.0 Å². The Kier molecular flexibility index (Phi) is 13.2. The van der Waals surface area contributed by atoms with Crippen molar-refractivity contribution in [1.29, 1.82) is 0 Å². The van der Waals surface area contributed by atoms with Crippen molar-refractivity contribution in [2.45, 2.75) is 62.7 Å². The zero-order chi connectivity index (χ0) is 28.8. The second-order valence-corrected chi connectivity index (χ2v) is 8.55. The number of nitrogens with two attached hydrogens (primary N) is 3. The van der Waals surface area contributed by atoms with Crippen LogP contribution in [0.15, 0.2) is 24.3 Å². The summed E-state index contributed by atoms with van der Waals surface area (Å²) in [6.07, 6.45) is -0.677. The maximum absolute atomic E-state index is 12.8. The van der Waals surface area contributed by atoms with Crippen LogP contribution in [0.2, 0.25) is 0 Å². The number of nitrogens with one attached hydrogen (secondary N) is 3. The number of carboxylic acid groups (broad SMARTS) is 2. The van der Waals surface area contributed by atoms with Gasteiger partial charge < -0.3 is 48.5 Å². The van der Waals surface area contributed by atoms with Gasteiger partial charge in [-0.05, 0) is 49.9 Å². The van der Waals surface area contributed by atoms with E-state index < -0.39 is 72.6 Å². The lowest BCUT2D eigenvalue weighted by Gasteiger charge is -2.24. The number of unbranched alkanes of at least 4 members (excludes halogenated alkanes) is 1. The predicted octanol–water partition coefficient (Wildman–Crippen LogP) is -2.72. The van der Waals surface area contributed by atoms with Gasteiger partial charge in [-0.2, -0.15) is 0 Å². The van der Waals surface area contributed by atoms with E-state index in [-0.39, 0.29) is 18.6 Å². The van der Waals surface area contributed by atoms with Crippen LogP contribution in [0.3, 0.4) is 0 Å².